The Kier molecular flexibility index (Phi) is 6.34. The summed E-state index contributed by atoms with van der Waals surface area (Å²) < 4.78 is 27.1. The minimum atomic E-state index is -0.434. The summed E-state index contributed by atoms with van der Waals surface area (Å²) in [4.78, 5) is 0. The molecule has 2 aromatic carbocycles. The first-order chi connectivity index (χ1) is 17.1. The van der Waals surface area contributed by atoms with Crippen molar-refractivity contribution >= 4 is 0 Å². The van der Waals surface area contributed by atoms with Crippen LogP contribution in [0.5, 0.6) is 11.5 Å². The smallest absolute Gasteiger partial charge is 0.167 e. The van der Waals surface area contributed by atoms with Gasteiger partial charge in [-0.25, -0.2) is 9.07 Å². The summed E-state index contributed by atoms with van der Waals surface area (Å²) in [6.07, 6.45) is 8.02. The Morgan fingerprint density at radius 2 is 1.89 bits per heavy atom. The van der Waals surface area contributed by atoms with Gasteiger partial charge in [0.15, 0.2) is 11.6 Å². The first kappa shape index (κ1) is 24.8. The third-order valence-electron chi connectivity index (χ3n) is 8.74. The fourth-order valence-corrected chi connectivity index (χ4v) is 7.09. The summed E-state index contributed by atoms with van der Waals surface area (Å²) in [7, 11) is 1.45. The zero-order valence-electron chi connectivity index (χ0n) is 22.4. The molecule has 0 N–H and O–H groups in total. The van der Waals surface area contributed by atoms with E-state index < -0.39 is 5.82 Å². The zero-order chi connectivity index (χ0) is 25.7. The molecular weight excluding hydrogens is 453 g/mol. The second-order valence-electron chi connectivity index (χ2n) is 11.8. The zero-order valence-corrected chi connectivity index (χ0v) is 22.4. The minimum absolute atomic E-state index is 0.202. The van der Waals surface area contributed by atoms with Crippen LogP contribution in [-0.2, 0) is 18.4 Å². The average Bonchev–Trinajstić information content (AvgIpc) is 3.30. The van der Waals surface area contributed by atoms with Crippen molar-refractivity contribution < 1.29 is 13.9 Å². The lowest BCUT2D eigenvalue weighted by molar-refractivity contribution is 0.0404. The van der Waals surface area contributed by atoms with Gasteiger partial charge in [0.25, 0.3) is 0 Å². The highest BCUT2D eigenvalue weighted by atomic mass is 19.1. The largest absolute Gasteiger partial charge is 0.494 e. The number of hydrogen-bond acceptors (Lipinski definition) is 4. The van der Waals surface area contributed by atoms with Gasteiger partial charge in [0.1, 0.15) is 18.1 Å². The maximum Gasteiger partial charge on any atom is 0.167 e. The molecule has 36 heavy (non-hydrogen) atoms. The Hall–Kier alpha value is -2.89. The summed E-state index contributed by atoms with van der Waals surface area (Å²) >= 11 is 0. The highest BCUT2D eigenvalue weighted by molar-refractivity contribution is 5.52. The van der Waals surface area contributed by atoms with Gasteiger partial charge in [0.05, 0.1) is 19.0 Å². The standard InChI is InChI=1S/C30H38FN3O2/c1-19(2)28-22-9-13-27-29(3,4)14-7-15-30(27,5)23(22)10-12-26(28)36-18-20-17-34(33-32-20)21-8-11-25(35-6)24(31)16-21/h8,10-12,16-17,19,27H,7,9,13-15,18H2,1-6H3/t27-,30+/m0/s1. The van der Waals surface area contributed by atoms with E-state index in [2.05, 4.69) is 57.1 Å². The van der Waals surface area contributed by atoms with Gasteiger partial charge in [-0.1, -0.05) is 52.3 Å². The molecule has 1 aromatic heterocycles. The first-order valence-corrected chi connectivity index (χ1v) is 13.2. The number of methoxy groups -OCH3 is 1. The monoisotopic (exact) mass is 491 g/mol. The highest BCUT2D eigenvalue weighted by Crippen LogP contribution is 2.58. The van der Waals surface area contributed by atoms with E-state index in [4.69, 9.17) is 9.47 Å². The predicted octanol–water partition coefficient (Wildman–Crippen LogP) is 7.15. The maximum atomic E-state index is 14.1. The topological polar surface area (TPSA) is 49.2 Å². The van der Waals surface area contributed by atoms with Crippen LogP contribution in [-0.4, -0.2) is 22.1 Å². The number of benzene rings is 2. The van der Waals surface area contributed by atoms with Gasteiger partial charge in [0, 0.05) is 11.6 Å². The van der Waals surface area contributed by atoms with Crippen molar-refractivity contribution in [1.29, 1.82) is 0 Å². The van der Waals surface area contributed by atoms with E-state index in [0.717, 1.165) is 18.1 Å². The number of nitrogens with zero attached hydrogens (tertiary/aromatic N) is 3. The second kappa shape index (κ2) is 9.20. The summed E-state index contributed by atoms with van der Waals surface area (Å²) in [5.41, 5.74) is 6.26. The van der Waals surface area contributed by atoms with Crippen LogP contribution in [0.2, 0.25) is 0 Å². The summed E-state index contributed by atoms with van der Waals surface area (Å²) in [5, 5.41) is 8.43. The van der Waals surface area contributed by atoms with E-state index in [9.17, 15) is 4.39 Å². The molecule has 192 valence electrons. The number of halogens is 1. The average molecular weight is 492 g/mol. The minimum Gasteiger partial charge on any atom is -0.494 e. The Bertz CT molecular complexity index is 1270. The molecule has 5 rings (SSSR count). The molecule has 3 aromatic rings. The molecule has 0 aliphatic heterocycles. The van der Waals surface area contributed by atoms with Crippen LogP contribution in [0.4, 0.5) is 4.39 Å². The molecule has 5 nitrogen and oxygen atoms in total. The molecule has 0 saturated heterocycles. The van der Waals surface area contributed by atoms with E-state index in [0.29, 0.717) is 29.3 Å². The van der Waals surface area contributed by atoms with Crippen LogP contribution in [0.1, 0.15) is 88.6 Å². The number of fused-ring (bicyclic) bond motifs is 3. The molecule has 2 atom stereocenters. The molecule has 6 heteroatoms. The lowest BCUT2D eigenvalue weighted by atomic mass is 9.50. The van der Waals surface area contributed by atoms with Crippen molar-refractivity contribution in [2.75, 3.05) is 7.11 Å². The van der Waals surface area contributed by atoms with E-state index in [1.54, 1.807) is 23.0 Å². The Balaban J connectivity index is 1.40. The molecule has 2 aliphatic carbocycles. The third-order valence-corrected chi connectivity index (χ3v) is 8.74. The van der Waals surface area contributed by atoms with Crippen molar-refractivity contribution in [1.82, 2.24) is 15.0 Å². The van der Waals surface area contributed by atoms with Gasteiger partial charge in [0.2, 0.25) is 0 Å². The van der Waals surface area contributed by atoms with Crippen molar-refractivity contribution in [2.45, 2.75) is 84.7 Å². The van der Waals surface area contributed by atoms with Gasteiger partial charge >= 0.3 is 0 Å². The molecule has 0 unspecified atom stereocenters. The number of aromatic nitrogens is 3. The van der Waals surface area contributed by atoms with Crippen LogP contribution >= 0.6 is 0 Å². The predicted molar refractivity (Wildman–Crippen MR) is 140 cm³/mol. The van der Waals surface area contributed by atoms with Gasteiger partial charge in [-0.3, -0.25) is 0 Å². The Labute approximate surface area is 214 Å². The van der Waals surface area contributed by atoms with Crippen molar-refractivity contribution in [3.8, 4) is 17.2 Å². The van der Waals surface area contributed by atoms with Crippen LogP contribution in [0.3, 0.4) is 0 Å². The number of ether oxygens (including phenoxy) is 2. The molecule has 1 heterocycles. The van der Waals surface area contributed by atoms with E-state index in [1.807, 2.05) is 0 Å². The van der Waals surface area contributed by atoms with Crippen LogP contribution in [0.15, 0.2) is 36.5 Å². The fourth-order valence-electron chi connectivity index (χ4n) is 7.09. The maximum absolute atomic E-state index is 14.1. The summed E-state index contributed by atoms with van der Waals surface area (Å²) in [5.74, 6) is 1.79. The Morgan fingerprint density at radius 1 is 1.11 bits per heavy atom. The Morgan fingerprint density at radius 3 is 2.61 bits per heavy atom. The molecule has 1 fully saturated rings. The van der Waals surface area contributed by atoms with E-state index >= 15 is 0 Å². The van der Waals surface area contributed by atoms with Gasteiger partial charge < -0.3 is 9.47 Å². The molecule has 0 radical (unpaired) electrons. The number of hydrogen-bond donors (Lipinski definition) is 0. The summed E-state index contributed by atoms with van der Waals surface area (Å²) in [6, 6.07) is 9.23. The molecule has 0 bridgehead atoms. The normalized spacial score (nSPS) is 22.7. The summed E-state index contributed by atoms with van der Waals surface area (Å²) in [6.45, 7) is 12.3. The van der Waals surface area contributed by atoms with Crippen molar-refractivity contribution in [2.24, 2.45) is 11.3 Å². The second-order valence-corrected chi connectivity index (χ2v) is 11.8. The number of rotatable bonds is 6. The highest BCUT2D eigenvalue weighted by Gasteiger charge is 2.50. The van der Waals surface area contributed by atoms with Crippen LogP contribution < -0.4 is 9.47 Å². The van der Waals surface area contributed by atoms with Gasteiger partial charge in [-0.15, -0.1) is 5.10 Å². The van der Waals surface area contributed by atoms with Gasteiger partial charge in [-0.2, -0.15) is 0 Å². The molecular formula is C30H38FN3O2. The van der Waals surface area contributed by atoms with E-state index in [-0.39, 0.29) is 11.2 Å². The fraction of sp³-hybridized carbons (Fsp3) is 0.533. The quantitative estimate of drug-likeness (QED) is 0.367. The van der Waals surface area contributed by atoms with Crippen LogP contribution in [0, 0.1) is 17.2 Å². The molecule has 0 spiro atoms. The lowest BCUT2D eigenvalue weighted by Gasteiger charge is -2.54. The molecule has 1 saturated carbocycles. The SMILES string of the molecule is COc1ccc(-n2cc(COc3ccc4c(c3C(C)C)CC[C@H]3C(C)(C)CCC[C@]43C)nn2)cc1F. The first-order valence-electron chi connectivity index (χ1n) is 13.2. The molecule has 2 aliphatic rings. The third kappa shape index (κ3) is 4.18. The molecule has 0 amide bonds. The van der Waals surface area contributed by atoms with E-state index in [1.165, 1.54) is 55.5 Å². The van der Waals surface area contributed by atoms with Crippen molar-refractivity contribution in [3.05, 3.63) is 64.7 Å². The van der Waals surface area contributed by atoms with Gasteiger partial charge in [-0.05, 0) is 77.7 Å². The van der Waals surface area contributed by atoms with Crippen LogP contribution in [0.25, 0.3) is 5.69 Å². The lowest BCUT2D eigenvalue weighted by Crippen LogP contribution is -2.48. The van der Waals surface area contributed by atoms with Crippen molar-refractivity contribution in [3.63, 3.8) is 0 Å².